The maximum atomic E-state index is 10.9. The van der Waals surface area contributed by atoms with Crippen LogP contribution >= 0.6 is 25.6 Å². The van der Waals surface area contributed by atoms with Gasteiger partial charge in [-0.3, -0.25) is 41.0 Å². The second kappa shape index (κ2) is 5.27. The van der Waals surface area contributed by atoms with Crippen molar-refractivity contribution in [2.45, 2.75) is 6.42 Å². The van der Waals surface area contributed by atoms with E-state index in [4.69, 9.17) is 22.0 Å². The summed E-state index contributed by atoms with van der Waals surface area (Å²) < 4.78 is 21.5. The van der Waals surface area contributed by atoms with Crippen molar-refractivity contribution in [1.82, 2.24) is 5.09 Å². The first-order chi connectivity index (χ1) is 6.10. The van der Waals surface area contributed by atoms with Gasteiger partial charge in [0.05, 0.1) is 0 Å². The summed E-state index contributed by atoms with van der Waals surface area (Å²) in [6.07, 6.45) is -0.0541. The van der Waals surface area contributed by atoms with Crippen LogP contribution in [-0.4, -0.2) is 11.7 Å². The van der Waals surface area contributed by atoms with E-state index in [0.29, 0.717) is 0 Å². The first-order valence-electron chi connectivity index (χ1n) is 3.40. The lowest BCUT2D eigenvalue weighted by atomic mass is 10.5. The molecule has 84 valence electrons. The van der Waals surface area contributed by atoms with E-state index < -0.39 is 20.1 Å². The predicted octanol–water partition coefficient (Wildman–Crippen LogP) is -0.723. The van der Waals surface area contributed by atoms with Gasteiger partial charge in [-0.1, -0.05) is 11.4 Å². The Balaban J connectivity index is 3.77. The number of nitrogens with two attached hydrogens (primary N) is 4. The normalized spacial score (nSPS) is 12.6. The lowest BCUT2D eigenvalue weighted by Gasteiger charge is -2.08. The van der Waals surface area contributed by atoms with Crippen molar-refractivity contribution in [1.29, 1.82) is 0 Å². The molecule has 0 unspecified atom stereocenters. The summed E-state index contributed by atoms with van der Waals surface area (Å²) in [6, 6.07) is 0. The minimum atomic E-state index is -3.54. The number of hydrogen-bond donors (Lipinski definition) is 5. The number of amides is 1. The summed E-state index contributed by atoms with van der Waals surface area (Å²) in [6.45, 7) is -3.17. The molecule has 0 aromatic rings. The highest BCUT2D eigenvalue weighted by Gasteiger charge is 2.14. The average Bonchev–Trinajstić information content (AvgIpc) is 1.78. The third-order valence-electron chi connectivity index (χ3n) is 0.922. The van der Waals surface area contributed by atoms with Gasteiger partial charge in [-0.2, -0.15) is 0 Å². The second-order valence-electron chi connectivity index (χ2n) is 2.47. The number of carbonyl (C=O) groups excluding carboxylic acids is 1. The molecule has 0 aliphatic carbocycles. The van der Waals surface area contributed by atoms with Crippen LogP contribution in [0.5, 0.6) is 0 Å². The van der Waals surface area contributed by atoms with Gasteiger partial charge >= 0.3 is 0 Å². The Morgan fingerprint density at radius 1 is 1.21 bits per heavy atom. The molecular weight excluding hydrogens is 248 g/mol. The van der Waals surface area contributed by atoms with Crippen molar-refractivity contribution in [2.75, 3.05) is 5.75 Å². The van der Waals surface area contributed by atoms with Crippen LogP contribution in [0.3, 0.4) is 0 Å². The van der Waals surface area contributed by atoms with Crippen LogP contribution < -0.4 is 27.1 Å². The van der Waals surface area contributed by atoms with Crippen LogP contribution in [0.1, 0.15) is 6.42 Å². The summed E-state index contributed by atoms with van der Waals surface area (Å²) in [5, 5.41) is 1.89. The molecule has 14 heavy (non-hydrogen) atoms. The fourth-order valence-corrected chi connectivity index (χ4v) is 2.73. The quantitative estimate of drug-likeness (QED) is 0.404. The van der Waals surface area contributed by atoms with Gasteiger partial charge < -0.3 is 0 Å². The molecule has 8 nitrogen and oxygen atoms in total. The Kier molecular flexibility index (Phi) is 5.32. The van der Waals surface area contributed by atoms with Crippen molar-refractivity contribution in [3.63, 3.8) is 0 Å². The molecule has 0 heterocycles. The topological polar surface area (TPSA) is 167 Å². The molecule has 0 fully saturated rings. The predicted molar refractivity (Wildman–Crippen MR) is 57.2 cm³/mol. The molecule has 0 aliphatic heterocycles. The minimum absolute atomic E-state index is 0.0541. The maximum absolute atomic E-state index is 10.9. The van der Waals surface area contributed by atoms with E-state index in [-0.39, 0.29) is 12.2 Å². The molecule has 0 saturated carbocycles. The molecule has 0 bridgehead atoms. The molecule has 11 heteroatoms. The van der Waals surface area contributed by atoms with Gasteiger partial charge in [0.1, 0.15) is 0 Å². The summed E-state index contributed by atoms with van der Waals surface area (Å²) in [7, 11) is -3.54. The molecule has 0 spiro atoms. The number of hydrogen-bond acceptors (Lipinski definition) is 4. The van der Waals surface area contributed by atoms with E-state index in [2.05, 4.69) is 0 Å². The second-order valence-corrected chi connectivity index (χ2v) is 8.56. The van der Waals surface area contributed by atoms with Gasteiger partial charge in [0.25, 0.3) is 14.2 Å². The average molecular weight is 261 g/mol. The highest BCUT2D eigenvalue weighted by atomic mass is 32.7. The summed E-state index contributed by atoms with van der Waals surface area (Å²) >= 11 is 0.767. The highest BCUT2D eigenvalue weighted by molar-refractivity contribution is 8.56. The zero-order valence-electron chi connectivity index (χ0n) is 7.25. The molecule has 1 amide bonds. The molecule has 0 aromatic carbocycles. The first kappa shape index (κ1) is 14.1. The van der Waals surface area contributed by atoms with E-state index in [9.17, 15) is 13.9 Å². The van der Waals surface area contributed by atoms with Gasteiger partial charge in [-0.25, -0.2) is 0 Å². The lowest BCUT2D eigenvalue weighted by Crippen LogP contribution is -2.28. The van der Waals surface area contributed by atoms with E-state index in [1.165, 1.54) is 0 Å². The highest BCUT2D eigenvalue weighted by Crippen LogP contribution is 2.42. The van der Waals surface area contributed by atoms with E-state index in [0.717, 1.165) is 11.4 Å². The van der Waals surface area contributed by atoms with Crippen LogP contribution in [0.4, 0.5) is 0 Å². The van der Waals surface area contributed by atoms with E-state index >= 15 is 0 Å². The van der Waals surface area contributed by atoms with Crippen LogP contribution in [-0.2, 0) is 13.9 Å². The first-order valence-corrected chi connectivity index (χ1v) is 8.68. The van der Waals surface area contributed by atoms with Crippen molar-refractivity contribution in [3.8, 4) is 0 Å². The maximum Gasteiger partial charge on any atom is 0.300 e. The van der Waals surface area contributed by atoms with Gasteiger partial charge in [0, 0.05) is 12.2 Å². The Labute approximate surface area is 85.3 Å². The smallest absolute Gasteiger partial charge is 0.283 e. The zero-order chi connectivity index (χ0) is 11.4. The Hall–Kier alpha value is 0.120. The molecule has 0 saturated heterocycles. The van der Waals surface area contributed by atoms with Crippen LogP contribution in [0, 0.1) is 0 Å². The largest absolute Gasteiger partial charge is 0.300 e. The molecule has 0 atom stereocenters. The number of carbonyl (C=O) groups is 1. The molecular formula is C3H13N5O3P2S. The summed E-state index contributed by atoms with van der Waals surface area (Å²) in [4.78, 5) is 10.9. The van der Waals surface area contributed by atoms with Crippen molar-refractivity contribution < 1.29 is 13.9 Å². The van der Waals surface area contributed by atoms with Crippen molar-refractivity contribution in [3.05, 3.63) is 0 Å². The van der Waals surface area contributed by atoms with Gasteiger partial charge in [0.2, 0.25) is 5.91 Å². The SMILES string of the molecule is NP(N)(=O)NC(=O)CCSP(N)(N)=O. The third kappa shape index (κ3) is 10.2. The van der Waals surface area contributed by atoms with Crippen LogP contribution in [0.25, 0.3) is 0 Å². The monoisotopic (exact) mass is 261 g/mol. The fraction of sp³-hybridized carbons (Fsp3) is 0.667. The Bertz CT molecular complexity index is 297. The van der Waals surface area contributed by atoms with Crippen molar-refractivity contribution >= 4 is 31.5 Å². The van der Waals surface area contributed by atoms with Gasteiger partial charge in [-0.05, 0) is 0 Å². The minimum Gasteiger partial charge on any atom is -0.283 e. The zero-order valence-corrected chi connectivity index (χ0v) is 9.86. The third-order valence-corrected chi connectivity index (χ3v) is 4.07. The summed E-state index contributed by atoms with van der Waals surface area (Å²) in [5.74, 6) is -0.449. The number of nitrogens with one attached hydrogen (secondary N) is 1. The van der Waals surface area contributed by atoms with Gasteiger partial charge in [-0.15, -0.1) is 0 Å². The fourth-order valence-electron chi connectivity index (χ4n) is 0.532. The molecule has 0 aromatic heterocycles. The Morgan fingerprint density at radius 2 is 1.71 bits per heavy atom. The number of rotatable bonds is 5. The van der Waals surface area contributed by atoms with Crippen LogP contribution in [0.2, 0.25) is 0 Å². The van der Waals surface area contributed by atoms with E-state index in [1.54, 1.807) is 0 Å². The lowest BCUT2D eigenvalue weighted by molar-refractivity contribution is -0.119. The Morgan fingerprint density at radius 3 is 2.07 bits per heavy atom. The van der Waals surface area contributed by atoms with Crippen LogP contribution in [0.15, 0.2) is 0 Å². The van der Waals surface area contributed by atoms with Crippen molar-refractivity contribution in [2.24, 2.45) is 22.0 Å². The standard InChI is InChI=1S/C3H13N5O3P2S/c4-12(5,10)8-3(9)1-2-14-13(6,7)11/h1-2H2,(H4,6,7,11)(H5,4,5,8,9,10). The molecule has 0 aliphatic rings. The van der Waals surface area contributed by atoms with E-state index in [1.807, 2.05) is 5.09 Å². The summed E-state index contributed by atoms with van der Waals surface area (Å²) in [5.41, 5.74) is 19.8. The molecule has 9 N–H and O–H groups in total. The molecule has 0 rings (SSSR count). The molecule has 0 radical (unpaired) electrons. The van der Waals surface area contributed by atoms with Gasteiger partial charge in [0.15, 0.2) is 0 Å².